The van der Waals surface area contributed by atoms with Gasteiger partial charge in [0.25, 0.3) is 11.6 Å². The molecule has 1 N–H and O–H groups in total. The van der Waals surface area contributed by atoms with Gasteiger partial charge in [0.15, 0.2) is 0 Å². The fraction of sp³-hybridized carbons (Fsp3) is 0.0435. The number of nitrogens with one attached hydrogen (secondary N) is 1. The van der Waals surface area contributed by atoms with Crippen molar-refractivity contribution in [3.05, 3.63) is 112 Å². The molecule has 0 saturated heterocycles. The summed E-state index contributed by atoms with van der Waals surface area (Å²) in [6.45, 7) is 0.458. The first-order chi connectivity index (χ1) is 14.6. The molecule has 1 amide bonds. The van der Waals surface area contributed by atoms with Gasteiger partial charge in [-0.25, -0.2) is 0 Å². The van der Waals surface area contributed by atoms with Crippen molar-refractivity contribution in [1.29, 1.82) is 5.26 Å². The summed E-state index contributed by atoms with van der Waals surface area (Å²) in [6.07, 6.45) is 1.48. The quantitative estimate of drug-likeness (QED) is 0.270. The van der Waals surface area contributed by atoms with Gasteiger partial charge in [-0.3, -0.25) is 14.9 Å². The molecule has 0 fully saturated rings. The Labute approximate surface area is 173 Å². The third kappa shape index (κ3) is 5.30. The molecular weight excluding hydrogens is 380 g/mol. The van der Waals surface area contributed by atoms with Gasteiger partial charge >= 0.3 is 0 Å². The Morgan fingerprint density at radius 1 is 1.03 bits per heavy atom. The maximum Gasteiger partial charge on any atom is 0.271 e. The Balaban J connectivity index is 1.87. The average Bonchev–Trinajstić information content (AvgIpc) is 2.78. The Bertz CT molecular complexity index is 1110. The van der Waals surface area contributed by atoms with Gasteiger partial charge in [-0.05, 0) is 23.8 Å². The summed E-state index contributed by atoms with van der Waals surface area (Å²) >= 11 is 0. The Morgan fingerprint density at radius 3 is 2.33 bits per heavy atom. The van der Waals surface area contributed by atoms with E-state index in [1.165, 1.54) is 30.5 Å². The van der Waals surface area contributed by atoms with Gasteiger partial charge < -0.3 is 10.2 Å². The smallest absolute Gasteiger partial charge is 0.271 e. The molecule has 7 heteroatoms. The molecule has 0 unspecified atom stereocenters. The van der Waals surface area contributed by atoms with E-state index >= 15 is 0 Å². The van der Waals surface area contributed by atoms with Crippen LogP contribution in [0.4, 0.5) is 17.1 Å². The van der Waals surface area contributed by atoms with E-state index in [0.29, 0.717) is 6.54 Å². The number of nitrogens with zero attached hydrogens (tertiary/aromatic N) is 3. The molecule has 0 aromatic heterocycles. The largest absolute Gasteiger partial charge is 0.342 e. The minimum Gasteiger partial charge on any atom is -0.342 e. The van der Waals surface area contributed by atoms with Crippen molar-refractivity contribution in [3.8, 4) is 6.07 Å². The van der Waals surface area contributed by atoms with E-state index in [4.69, 9.17) is 0 Å². The summed E-state index contributed by atoms with van der Waals surface area (Å²) in [6, 6.07) is 26.5. The predicted molar refractivity (Wildman–Crippen MR) is 114 cm³/mol. The molecule has 3 aromatic carbocycles. The first kappa shape index (κ1) is 20.3. The molecule has 7 nitrogen and oxygen atoms in total. The highest BCUT2D eigenvalue weighted by molar-refractivity contribution is 6.06. The fourth-order valence-electron chi connectivity index (χ4n) is 2.80. The van der Waals surface area contributed by atoms with Crippen LogP contribution in [0.25, 0.3) is 0 Å². The molecule has 0 bridgehead atoms. The number of nitro groups is 1. The lowest BCUT2D eigenvalue weighted by molar-refractivity contribution is -0.384. The van der Waals surface area contributed by atoms with Gasteiger partial charge in [-0.2, -0.15) is 5.26 Å². The van der Waals surface area contributed by atoms with Gasteiger partial charge in [0.05, 0.1) is 4.92 Å². The highest BCUT2D eigenvalue weighted by atomic mass is 16.6. The highest BCUT2D eigenvalue weighted by Crippen LogP contribution is 2.20. The van der Waals surface area contributed by atoms with E-state index in [9.17, 15) is 20.2 Å². The van der Waals surface area contributed by atoms with E-state index in [2.05, 4.69) is 5.32 Å². The van der Waals surface area contributed by atoms with Crippen LogP contribution in [0.5, 0.6) is 0 Å². The number of hydrogen-bond acceptors (Lipinski definition) is 5. The normalized spacial score (nSPS) is 10.7. The average molecular weight is 398 g/mol. The highest BCUT2D eigenvalue weighted by Gasteiger charge is 2.15. The molecule has 0 spiro atoms. The Morgan fingerprint density at radius 2 is 1.70 bits per heavy atom. The summed E-state index contributed by atoms with van der Waals surface area (Å²) in [5.74, 6) is -0.646. The molecule has 3 rings (SSSR count). The summed E-state index contributed by atoms with van der Waals surface area (Å²) < 4.78 is 0. The molecule has 0 radical (unpaired) electrons. The summed E-state index contributed by atoms with van der Waals surface area (Å²) in [5.41, 5.74) is 1.79. The number of benzene rings is 3. The zero-order valence-electron chi connectivity index (χ0n) is 15.9. The van der Waals surface area contributed by atoms with Crippen molar-refractivity contribution in [1.82, 2.24) is 0 Å². The molecule has 148 valence electrons. The second-order valence-corrected chi connectivity index (χ2v) is 6.37. The number of nitriles is 1. The summed E-state index contributed by atoms with van der Waals surface area (Å²) in [4.78, 5) is 24.8. The van der Waals surface area contributed by atoms with Crippen molar-refractivity contribution < 1.29 is 9.72 Å². The number of carbonyl (C=O) groups is 1. The third-order valence-electron chi connectivity index (χ3n) is 4.25. The maximum atomic E-state index is 12.6. The predicted octanol–water partition coefficient (Wildman–Crippen LogP) is 4.65. The van der Waals surface area contributed by atoms with Gasteiger partial charge in [-0.15, -0.1) is 0 Å². The van der Waals surface area contributed by atoms with Crippen LogP contribution in [0, 0.1) is 21.4 Å². The number of anilines is 2. The van der Waals surface area contributed by atoms with E-state index in [0.717, 1.165) is 11.3 Å². The Kier molecular flexibility index (Phi) is 6.54. The summed E-state index contributed by atoms with van der Waals surface area (Å²) in [5, 5.41) is 23.0. The first-order valence-corrected chi connectivity index (χ1v) is 9.10. The van der Waals surface area contributed by atoms with Crippen molar-refractivity contribution in [3.63, 3.8) is 0 Å². The topological polar surface area (TPSA) is 99.3 Å². The molecule has 0 atom stereocenters. The van der Waals surface area contributed by atoms with E-state index in [1.54, 1.807) is 4.90 Å². The zero-order valence-corrected chi connectivity index (χ0v) is 15.9. The van der Waals surface area contributed by atoms with Crippen LogP contribution in [0.2, 0.25) is 0 Å². The van der Waals surface area contributed by atoms with Crippen LogP contribution in [-0.4, -0.2) is 10.8 Å². The minimum absolute atomic E-state index is 0.124. The van der Waals surface area contributed by atoms with Gasteiger partial charge in [-0.1, -0.05) is 54.6 Å². The number of carbonyl (C=O) groups excluding carboxylic acids is 1. The molecule has 0 aliphatic rings. The standard InChI is InChI=1S/C23H18N4O3/c24-15-19(23(28)25-20-10-7-13-22(14-20)27(29)30)17-26(21-11-5-2-6-12-21)16-18-8-3-1-4-9-18/h1-14,17H,16H2,(H,25,28)/b19-17-. The summed E-state index contributed by atoms with van der Waals surface area (Å²) in [7, 11) is 0. The van der Waals surface area contributed by atoms with Crippen LogP contribution < -0.4 is 10.2 Å². The fourth-order valence-corrected chi connectivity index (χ4v) is 2.80. The van der Waals surface area contributed by atoms with Crippen LogP contribution in [0.15, 0.2) is 96.7 Å². The molecule has 0 heterocycles. The SMILES string of the molecule is N#C/C(=C/N(Cc1ccccc1)c1ccccc1)C(=O)Nc1cccc([N+](=O)[O-])c1. The molecule has 3 aromatic rings. The monoisotopic (exact) mass is 398 g/mol. The van der Waals surface area contributed by atoms with Gasteiger partial charge in [0.2, 0.25) is 0 Å². The second-order valence-electron chi connectivity index (χ2n) is 6.37. The lowest BCUT2D eigenvalue weighted by Gasteiger charge is -2.21. The van der Waals surface area contributed by atoms with Gasteiger partial charge in [0, 0.05) is 36.3 Å². The number of non-ortho nitro benzene ring substituents is 1. The van der Waals surface area contributed by atoms with Crippen molar-refractivity contribution >= 4 is 23.0 Å². The molecule has 0 aliphatic carbocycles. The molecule has 30 heavy (non-hydrogen) atoms. The van der Waals surface area contributed by atoms with E-state index < -0.39 is 10.8 Å². The first-order valence-electron chi connectivity index (χ1n) is 9.10. The van der Waals surface area contributed by atoms with Crippen LogP contribution in [0.1, 0.15) is 5.56 Å². The van der Waals surface area contributed by atoms with Crippen molar-refractivity contribution in [2.75, 3.05) is 10.2 Å². The minimum atomic E-state index is -0.646. The van der Waals surface area contributed by atoms with Crippen LogP contribution in [0.3, 0.4) is 0 Å². The second kappa shape index (κ2) is 9.66. The van der Waals surface area contributed by atoms with Crippen LogP contribution >= 0.6 is 0 Å². The third-order valence-corrected chi connectivity index (χ3v) is 4.25. The van der Waals surface area contributed by atoms with Crippen molar-refractivity contribution in [2.24, 2.45) is 0 Å². The molecular formula is C23H18N4O3. The number of hydrogen-bond donors (Lipinski definition) is 1. The lowest BCUT2D eigenvalue weighted by Crippen LogP contribution is -2.20. The van der Waals surface area contributed by atoms with Gasteiger partial charge in [0.1, 0.15) is 11.6 Å². The van der Waals surface area contributed by atoms with E-state index in [-0.39, 0.29) is 16.9 Å². The Hall–Kier alpha value is -4.44. The van der Waals surface area contributed by atoms with Crippen molar-refractivity contribution in [2.45, 2.75) is 6.54 Å². The maximum absolute atomic E-state index is 12.6. The number of nitro benzene ring substituents is 1. The lowest BCUT2D eigenvalue weighted by atomic mass is 10.2. The zero-order chi connectivity index (χ0) is 21.3. The number of para-hydroxylation sites is 1. The molecule has 0 aliphatic heterocycles. The molecule has 0 saturated carbocycles. The van der Waals surface area contributed by atoms with Crippen LogP contribution in [-0.2, 0) is 11.3 Å². The number of rotatable bonds is 7. The van der Waals surface area contributed by atoms with E-state index in [1.807, 2.05) is 66.7 Å². The number of amides is 1.